The number of fused-ring (bicyclic) bond motifs is 1. The van der Waals surface area contributed by atoms with Gasteiger partial charge in [0, 0.05) is 18.8 Å². The van der Waals surface area contributed by atoms with E-state index in [1.54, 1.807) is 0 Å². The van der Waals surface area contributed by atoms with Gasteiger partial charge in [0.15, 0.2) is 0 Å². The molecule has 0 saturated carbocycles. The lowest BCUT2D eigenvalue weighted by atomic mass is 10.0. The molecular formula is C13H18N2O. The SMILES string of the molecule is Nc1ccc2c(c1)CCN(C1COC1)CC2. The molecule has 1 fully saturated rings. The van der Waals surface area contributed by atoms with Crippen LogP contribution in [0, 0.1) is 0 Å². The molecule has 2 aliphatic rings. The Bertz CT molecular complexity index is 388. The van der Waals surface area contributed by atoms with Crippen molar-refractivity contribution in [3.05, 3.63) is 29.3 Å². The summed E-state index contributed by atoms with van der Waals surface area (Å²) in [5.74, 6) is 0. The molecule has 2 N–H and O–H groups in total. The summed E-state index contributed by atoms with van der Waals surface area (Å²) in [5.41, 5.74) is 9.62. The van der Waals surface area contributed by atoms with E-state index in [-0.39, 0.29) is 0 Å². The Balaban J connectivity index is 1.76. The van der Waals surface area contributed by atoms with Crippen LogP contribution < -0.4 is 5.73 Å². The first-order valence-electron chi connectivity index (χ1n) is 6.02. The second kappa shape index (κ2) is 4.07. The van der Waals surface area contributed by atoms with Crippen LogP contribution in [0.15, 0.2) is 18.2 Å². The molecule has 16 heavy (non-hydrogen) atoms. The Morgan fingerprint density at radius 1 is 1.12 bits per heavy atom. The number of rotatable bonds is 1. The lowest BCUT2D eigenvalue weighted by molar-refractivity contribution is -0.0634. The van der Waals surface area contributed by atoms with Crippen molar-refractivity contribution in [1.82, 2.24) is 4.90 Å². The van der Waals surface area contributed by atoms with Gasteiger partial charge in [-0.15, -0.1) is 0 Å². The van der Waals surface area contributed by atoms with Gasteiger partial charge in [0.1, 0.15) is 0 Å². The van der Waals surface area contributed by atoms with Crippen molar-refractivity contribution in [2.75, 3.05) is 32.0 Å². The molecule has 3 heteroatoms. The van der Waals surface area contributed by atoms with Crippen LogP contribution in [-0.2, 0) is 17.6 Å². The number of hydrogen-bond donors (Lipinski definition) is 1. The summed E-state index contributed by atoms with van der Waals surface area (Å²) in [5, 5.41) is 0. The molecular weight excluding hydrogens is 200 g/mol. The van der Waals surface area contributed by atoms with Gasteiger partial charge in [-0.2, -0.15) is 0 Å². The molecule has 1 saturated heterocycles. The second-order valence-electron chi connectivity index (χ2n) is 4.76. The van der Waals surface area contributed by atoms with Crippen LogP contribution in [0.5, 0.6) is 0 Å². The fourth-order valence-electron chi connectivity index (χ4n) is 2.56. The number of ether oxygens (including phenoxy) is 1. The summed E-state index contributed by atoms with van der Waals surface area (Å²) in [7, 11) is 0. The van der Waals surface area contributed by atoms with Crippen LogP contribution >= 0.6 is 0 Å². The largest absolute Gasteiger partial charge is 0.399 e. The molecule has 2 aliphatic heterocycles. The van der Waals surface area contributed by atoms with E-state index < -0.39 is 0 Å². The van der Waals surface area contributed by atoms with E-state index in [1.165, 1.54) is 11.1 Å². The standard InChI is InChI=1S/C13H18N2O/c14-12-2-1-10-3-5-15(13-8-16-9-13)6-4-11(10)7-12/h1-2,7,13H,3-6,8-9,14H2. The van der Waals surface area contributed by atoms with Gasteiger partial charge >= 0.3 is 0 Å². The van der Waals surface area contributed by atoms with Gasteiger partial charge in [-0.3, -0.25) is 4.90 Å². The van der Waals surface area contributed by atoms with Gasteiger partial charge in [0.25, 0.3) is 0 Å². The van der Waals surface area contributed by atoms with Crippen LogP contribution in [0.1, 0.15) is 11.1 Å². The Labute approximate surface area is 96.2 Å². The molecule has 0 radical (unpaired) electrons. The molecule has 86 valence electrons. The fourth-order valence-corrected chi connectivity index (χ4v) is 2.56. The maximum atomic E-state index is 5.83. The zero-order chi connectivity index (χ0) is 11.0. The number of anilines is 1. The van der Waals surface area contributed by atoms with Gasteiger partial charge in [0.2, 0.25) is 0 Å². The second-order valence-corrected chi connectivity index (χ2v) is 4.76. The van der Waals surface area contributed by atoms with E-state index in [9.17, 15) is 0 Å². The molecule has 0 unspecified atom stereocenters. The van der Waals surface area contributed by atoms with Crippen LogP contribution in [-0.4, -0.2) is 37.2 Å². The zero-order valence-electron chi connectivity index (χ0n) is 9.48. The van der Waals surface area contributed by atoms with Gasteiger partial charge in [-0.05, 0) is 36.1 Å². The van der Waals surface area contributed by atoms with Crippen molar-refractivity contribution in [2.24, 2.45) is 0 Å². The quantitative estimate of drug-likeness (QED) is 0.717. The minimum Gasteiger partial charge on any atom is -0.399 e. The lowest BCUT2D eigenvalue weighted by Crippen LogP contribution is -2.49. The van der Waals surface area contributed by atoms with Crippen LogP contribution in [0.4, 0.5) is 5.69 Å². The molecule has 1 aromatic rings. The third kappa shape index (κ3) is 1.81. The zero-order valence-corrected chi connectivity index (χ0v) is 9.48. The highest BCUT2D eigenvalue weighted by atomic mass is 16.5. The lowest BCUT2D eigenvalue weighted by Gasteiger charge is -2.36. The molecule has 0 bridgehead atoms. The van der Waals surface area contributed by atoms with E-state index >= 15 is 0 Å². The first kappa shape index (κ1) is 10.1. The minimum atomic E-state index is 0.659. The van der Waals surface area contributed by atoms with Gasteiger partial charge in [-0.25, -0.2) is 0 Å². The molecule has 1 aromatic carbocycles. The van der Waals surface area contributed by atoms with E-state index in [4.69, 9.17) is 10.5 Å². The van der Waals surface area contributed by atoms with Crippen molar-refractivity contribution in [3.8, 4) is 0 Å². The Hall–Kier alpha value is -1.06. The van der Waals surface area contributed by atoms with Crippen molar-refractivity contribution < 1.29 is 4.74 Å². The third-order valence-electron chi connectivity index (χ3n) is 3.70. The minimum absolute atomic E-state index is 0.659. The molecule has 0 spiro atoms. The summed E-state index contributed by atoms with van der Waals surface area (Å²) >= 11 is 0. The number of nitrogens with two attached hydrogens (primary N) is 1. The monoisotopic (exact) mass is 218 g/mol. The summed E-state index contributed by atoms with van der Waals surface area (Å²) in [6, 6.07) is 6.99. The molecule has 0 aromatic heterocycles. The Morgan fingerprint density at radius 3 is 2.56 bits per heavy atom. The van der Waals surface area contributed by atoms with Gasteiger partial charge in [0.05, 0.1) is 19.3 Å². The highest BCUT2D eigenvalue weighted by molar-refractivity contribution is 5.45. The maximum Gasteiger partial charge on any atom is 0.0645 e. The average Bonchev–Trinajstić information content (AvgIpc) is 2.39. The van der Waals surface area contributed by atoms with E-state index in [0.29, 0.717) is 6.04 Å². The maximum absolute atomic E-state index is 5.83. The fraction of sp³-hybridized carbons (Fsp3) is 0.538. The predicted molar refractivity (Wildman–Crippen MR) is 64.4 cm³/mol. The predicted octanol–water partition coefficient (Wildman–Crippen LogP) is 1.07. The van der Waals surface area contributed by atoms with Gasteiger partial charge in [-0.1, -0.05) is 6.07 Å². The van der Waals surface area contributed by atoms with Crippen LogP contribution in [0.2, 0.25) is 0 Å². The molecule has 3 rings (SSSR count). The van der Waals surface area contributed by atoms with Crippen molar-refractivity contribution >= 4 is 5.69 Å². The first-order valence-corrected chi connectivity index (χ1v) is 6.02. The van der Waals surface area contributed by atoms with Crippen molar-refractivity contribution in [1.29, 1.82) is 0 Å². The summed E-state index contributed by atoms with van der Waals surface area (Å²) in [4.78, 5) is 2.56. The highest BCUT2D eigenvalue weighted by Gasteiger charge is 2.27. The Kier molecular flexibility index (Phi) is 2.58. The summed E-state index contributed by atoms with van der Waals surface area (Å²) in [6.45, 7) is 4.13. The topological polar surface area (TPSA) is 38.5 Å². The number of hydrogen-bond acceptors (Lipinski definition) is 3. The first-order chi connectivity index (χ1) is 7.83. The molecule has 0 amide bonds. The summed E-state index contributed by atoms with van der Waals surface area (Å²) < 4.78 is 5.26. The van der Waals surface area contributed by atoms with Crippen LogP contribution in [0.25, 0.3) is 0 Å². The van der Waals surface area contributed by atoms with Crippen LogP contribution in [0.3, 0.4) is 0 Å². The highest BCUT2D eigenvalue weighted by Crippen LogP contribution is 2.21. The third-order valence-corrected chi connectivity index (χ3v) is 3.70. The smallest absolute Gasteiger partial charge is 0.0645 e. The normalized spacial score (nSPS) is 22.2. The Morgan fingerprint density at radius 2 is 1.88 bits per heavy atom. The van der Waals surface area contributed by atoms with Gasteiger partial charge < -0.3 is 10.5 Å². The summed E-state index contributed by atoms with van der Waals surface area (Å²) in [6.07, 6.45) is 2.27. The molecule has 2 heterocycles. The van der Waals surface area contributed by atoms with E-state index in [2.05, 4.69) is 17.0 Å². The average molecular weight is 218 g/mol. The van der Waals surface area contributed by atoms with Crippen molar-refractivity contribution in [3.63, 3.8) is 0 Å². The molecule has 0 atom stereocenters. The molecule has 0 aliphatic carbocycles. The molecule has 3 nitrogen and oxygen atoms in total. The van der Waals surface area contributed by atoms with E-state index in [1.807, 2.05) is 6.07 Å². The van der Waals surface area contributed by atoms with Crippen molar-refractivity contribution in [2.45, 2.75) is 18.9 Å². The number of nitrogens with zero attached hydrogens (tertiary/aromatic N) is 1. The number of nitrogen functional groups attached to an aromatic ring is 1. The van der Waals surface area contributed by atoms with E-state index in [0.717, 1.165) is 44.8 Å². The number of benzene rings is 1.